The number of aromatic hydroxyl groups is 1. The van der Waals surface area contributed by atoms with Crippen LogP contribution in [0.2, 0.25) is 0 Å². The highest BCUT2D eigenvalue weighted by molar-refractivity contribution is 5.81. The number of rotatable bonds is 6. The van der Waals surface area contributed by atoms with Gasteiger partial charge in [-0.3, -0.25) is 0 Å². The summed E-state index contributed by atoms with van der Waals surface area (Å²) in [4.78, 5) is 12.3. The molecule has 0 amide bonds. The van der Waals surface area contributed by atoms with Crippen molar-refractivity contribution in [2.45, 2.75) is 18.9 Å². The molecule has 2 aromatic carbocycles. The van der Waals surface area contributed by atoms with Gasteiger partial charge in [0.25, 0.3) is 0 Å². The molecule has 0 heterocycles. The van der Waals surface area contributed by atoms with Crippen molar-refractivity contribution in [2.75, 3.05) is 13.7 Å². The quantitative estimate of drug-likeness (QED) is 0.800. The third kappa shape index (κ3) is 3.63. The fourth-order valence-electron chi connectivity index (χ4n) is 2.38. The molecule has 1 atom stereocenters. The zero-order chi connectivity index (χ0) is 16.9. The number of esters is 1. The molecule has 0 aliphatic heterocycles. The summed E-state index contributed by atoms with van der Waals surface area (Å²) in [7, 11) is 1.44. The van der Waals surface area contributed by atoms with Crippen LogP contribution in [0.5, 0.6) is 11.5 Å². The summed E-state index contributed by atoms with van der Waals surface area (Å²) in [6.45, 7) is 1.86. The molecule has 0 bridgehead atoms. The van der Waals surface area contributed by atoms with Crippen molar-refractivity contribution < 1.29 is 24.5 Å². The Morgan fingerprint density at radius 3 is 2.48 bits per heavy atom. The van der Waals surface area contributed by atoms with Gasteiger partial charge in [-0.2, -0.15) is 0 Å². The Morgan fingerprint density at radius 2 is 1.87 bits per heavy atom. The van der Waals surface area contributed by atoms with E-state index in [-0.39, 0.29) is 24.5 Å². The van der Waals surface area contributed by atoms with E-state index < -0.39 is 11.6 Å². The van der Waals surface area contributed by atoms with Crippen molar-refractivity contribution >= 4 is 5.97 Å². The third-order valence-corrected chi connectivity index (χ3v) is 3.57. The van der Waals surface area contributed by atoms with Crippen molar-refractivity contribution in [3.63, 3.8) is 0 Å². The van der Waals surface area contributed by atoms with Crippen molar-refractivity contribution in [3.05, 3.63) is 59.7 Å². The Bertz CT molecular complexity index is 668. The first kappa shape index (κ1) is 16.8. The summed E-state index contributed by atoms with van der Waals surface area (Å²) in [5.41, 5.74) is -0.719. The predicted molar refractivity (Wildman–Crippen MR) is 85.3 cm³/mol. The smallest absolute Gasteiger partial charge is 0.343 e. The molecule has 122 valence electrons. The van der Waals surface area contributed by atoms with Gasteiger partial charge in [0.2, 0.25) is 0 Å². The standard InChI is InChI=1S/C18H20O5/c1-3-23-17(20)18(21,14-7-5-4-6-8-14)12-13-9-10-15(19)16(11-13)22-2/h4-11,19,21H,3,12H2,1-2H3. The SMILES string of the molecule is CCOC(=O)C(O)(Cc1ccc(O)c(OC)c1)c1ccccc1. The molecule has 2 rings (SSSR count). The minimum absolute atomic E-state index is 0.00404. The van der Waals surface area contributed by atoms with E-state index in [0.717, 1.165) is 0 Å². The van der Waals surface area contributed by atoms with Crippen LogP contribution in [0.3, 0.4) is 0 Å². The number of methoxy groups -OCH3 is 1. The lowest BCUT2D eigenvalue weighted by Gasteiger charge is -2.26. The molecule has 5 nitrogen and oxygen atoms in total. The predicted octanol–water partition coefficient (Wildman–Crippen LogP) is 2.39. The molecule has 0 saturated carbocycles. The number of carbonyl (C=O) groups is 1. The van der Waals surface area contributed by atoms with Crippen LogP contribution in [0, 0.1) is 0 Å². The molecule has 1 unspecified atom stereocenters. The van der Waals surface area contributed by atoms with Crippen molar-refractivity contribution in [1.82, 2.24) is 0 Å². The number of phenols is 1. The highest BCUT2D eigenvalue weighted by Crippen LogP contribution is 2.32. The van der Waals surface area contributed by atoms with Crippen LogP contribution in [-0.4, -0.2) is 29.9 Å². The first-order chi connectivity index (χ1) is 11.0. The van der Waals surface area contributed by atoms with Crippen LogP contribution in [0.15, 0.2) is 48.5 Å². The normalized spacial score (nSPS) is 13.2. The monoisotopic (exact) mass is 316 g/mol. The van der Waals surface area contributed by atoms with Crippen LogP contribution in [0.4, 0.5) is 0 Å². The number of ether oxygens (including phenoxy) is 2. The highest BCUT2D eigenvalue weighted by atomic mass is 16.5. The van der Waals surface area contributed by atoms with Crippen molar-refractivity contribution in [2.24, 2.45) is 0 Å². The van der Waals surface area contributed by atoms with Crippen molar-refractivity contribution in [1.29, 1.82) is 0 Å². The zero-order valence-corrected chi connectivity index (χ0v) is 13.2. The van der Waals surface area contributed by atoms with Gasteiger partial charge in [-0.1, -0.05) is 36.4 Å². The summed E-state index contributed by atoms with van der Waals surface area (Å²) in [6.07, 6.45) is 0.00644. The van der Waals surface area contributed by atoms with Gasteiger partial charge in [0, 0.05) is 6.42 Å². The molecule has 2 aromatic rings. The van der Waals surface area contributed by atoms with E-state index in [2.05, 4.69) is 0 Å². The lowest BCUT2D eigenvalue weighted by molar-refractivity contribution is -0.166. The van der Waals surface area contributed by atoms with E-state index in [0.29, 0.717) is 11.1 Å². The molecule has 23 heavy (non-hydrogen) atoms. The Kier molecular flexibility index (Phi) is 5.24. The van der Waals surface area contributed by atoms with Gasteiger partial charge < -0.3 is 19.7 Å². The number of aliphatic hydroxyl groups is 1. The van der Waals surface area contributed by atoms with E-state index in [1.54, 1.807) is 49.4 Å². The summed E-state index contributed by atoms with van der Waals surface area (Å²) < 4.78 is 10.1. The van der Waals surface area contributed by atoms with Crippen molar-refractivity contribution in [3.8, 4) is 11.5 Å². The Balaban J connectivity index is 2.41. The topological polar surface area (TPSA) is 76.0 Å². The van der Waals surface area contributed by atoms with Gasteiger partial charge in [0.15, 0.2) is 17.1 Å². The first-order valence-corrected chi connectivity index (χ1v) is 7.32. The molecule has 0 spiro atoms. The van der Waals surface area contributed by atoms with Gasteiger partial charge >= 0.3 is 5.97 Å². The Hall–Kier alpha value is -2.53. The molecule has 0 fully saturated rings. The molecule has 0 aromatic heterocycles. The van der Waals surface area contributed by atoms with E-state index in [1.165, 1.54) is 13.2 Å². The minimum Gasteiger partial charge on any atom is -0.504 e. The Morgan fingerprint density at radius 1 is 1.17 bits per heavy atom. The largest absolute Gasteiger partial charge is 0.504 e. The molecule has 0 aliphatic rings. The first-order valence-electron chi connectivity index (χ1n) is 7.32. The van der Waals surface area contributed by atoms with Crippen LogP contribution in [-0.2, 0) is 21.6 Å². The maximum atomic E-state index is 12.3. The second kappa shape index (κ2) is 7.15. The maximum Gasteiger partial charge on any atom is 0.343 e. The van der Waals surface area contributed by atoms with Gasteiger partial charge in [-0.25, -0.2) is 4.79 Å². The molecule has 5 heteroatoms. The fourth-order valence-corrected chi connectivity index (χ4v) is 2.38. The average molecular weight is 316 g/mol. The number of carbonyl (C=O) groups excluding carboxylic acids is 1. The van der Waals surface area contributed by atoms with Gasteiger partial charge in [0.1, 0.15) is 0 Å². The van der Waals surface area contributed by atoms with E-state index in [9.17, 15) is 15.0 Å². The summed E-state index contributed by atoms with van der Waals surface area (Å²) >= 11 is 0. The van der Waals surface area contributed by atoms with Gasteiger partial charge in [0.05, 0.1) is 13.7 Å². The van der Waals surface area contributed by atoms with Crippen LogP contribution in [0.25, 0.3) is 0 Å². The third-order valence-electron chi connectivity index (χ3n) is 3.57. The second-order valence-corrected chi connectivity index (χ2v) is 5.13. The highest BCUT2D eigenvalue weighted by Gasteiger charge is 2.39. The summed E-state index contributed by atoms with van der Waals surface area (Å²) in [6, 6.07) is 13.3. The number of hydrogen-bond acceptors (Lipinski definition) is 5. The van der Waals surface area contributed by atoms with E-state index in [4.69, 9.17) is 9.47 Å². The van der Waals surface area contributed by atoms with E-state index >= 15 is 0 Å². The van der Waals surface area contributed by atoms with Crippen LogP contribution >= 0.6 is 0 Å². The molecular formula is C18H20O5. The Labute approximate surface area is 135 Å². The molecule has 0 aliphatic carbocycles. The van der Waals surface area contributed by atoms with Gasteiger partial charge in [-0.15, -0.1) is 0 Å². The summed E-state index contributed by atoms with van der Waals surface area (Å²) in [5.74, 6) is -0.435. The minimum atomic E-state index is -1.81. The molecule has 0 saturated heterocycles. The average Bonchev–Trinajstić information content (AvgIpc) is 2.57. The van der Waals surface area contributed by atoms with Crippen LogP contribution in [0.1, 0.15) is 18.1 Å². The number of benzene rings is 2. The lowest BCUT2D eigenvalue weighted by atomic mass is 9.87. The van der Waals surface area contributed by atoms with Crippen LogP contribution < -0.4 is 4.74 Å². The van der Waals surface area contributed by atoms with Gasteiger partial charge in [-0.05, 0) is 30.2 Å². The second-order valence-electron chi connectivity index (χ2n) is 5.13. The molecule has 0 radical (unpaired) electrons. The number of phenolic OH excluding ortho intramolecular Hbond substituents is 1. The zero-order valence-electron chi connectivity index (χ0n) is 13.2. The van der Waals surface area contributed by atoms with E-state index in [1.807, 2.05) is 0 Å². The lowest BCUT2D eigenvalue weighted by Crippen LogP contribution is -2.39. The maximum absolute atomic E-state index is 12.3. The molecule has 2 N–H and O–H groups in total. The fraction of sp³-hybridized carbons (Fsp3) is 0.278. The molecular weight excluding hydrogens is 296 g/mol. The number of hydrogen-bond donors (Lipinski definition) is 2. The summed E-state index contributed by atoms with van der Waals surface area (Å²) in [5, 5.41) is 20.7.